The van der Waals surface area contributed by atoms with Crippen LogP contribution in [-0.2, 0) is 0 Å². The van der Waals surface area contributed by atoms with E-state index in [4.69, 9.17) is 10.0 Å². The van der Waals surface area contributed by atoms with Gasteiger partial charge in [0.05, 0.1) is 5.56 Å². The second-order valence-corrected chi connectivity index (χ2v) is 3.64. The summed E-state index contributed by atoms with van der Waals surface area (Å²) in [7, 11) is -1.71. The van der Waals surface area contributed by atoms with Crippen molar-refractivity contribution in [2.45, 2.75) is 26.2 Å². The first-order chi connectivity index (χ1) is 7.56. The second kappa shape index (κ2) is 5.77. The molecule has 1 aromatic carbocycles. The topological polar surface area (TPSA) is 57.5 Å². The minimum Gasteiger partial charge on any atom is -0.423 e. The Kier molecular flexibility index (Phi) is 4.64. The Morgan fingerprint density at radius 3 is 2.62 bits per heavy atom. The molecule has 2 N–H and O–H groups in total. The molecule has 0 saturated heterocycles. The number of halogens is 1. The molecule has 86 valence electrons. The summed E-state index contributed by atoms with van der Waals surface area (Å²) in [5, 5.41) is 17.6. The Morgan fingerprint density at radius 1 is 1.44 bits per heavy atom. The van der Waals surface area contributed by atoms with E-state index in [1.54, 1.807) is 0 Å². The zero-order chi connectivity index (χ0) is 12.1. The monoisotopic (exact) mass is 224 g/mol. The van der Waals surface area contributed by atoms with Gasteiger partial charge in [-0.1, -0.05) is 19.4 Å². The summed E-state index contributed by atoms with van der Waals surface area (Å²) in [6, 6.07) is 3.61. The molecule has 0 aliphatic heterocycles. The number of ketones is 1. The molecule has 1 rings (SSSR count). The van der Waals surface area contributed by atoms with Crippen molar-refractivity contribution in [3.63, 3.8) is 0 Å². The molecule has 0 aromatic heterocycles. The zero-order valence-corrected chi connectivity index (χ0v) is 9.11. The van der Waals surface area contributed by atoms with Crippen LogP contribution in [0.25, 0.3) is 0 Å². The molecule has 0 bridgehead atoms. The van der Waals surface area contributed by atoms with Gasteiger partial charge in [0, 0.05) is 6.42 Å². The highest BCUT2D eigenvalue weighted by molar-refractivity contribution is 6.58. The van der Waals surface area contributed by atoms with Crippen LogP contribution in [0.5, 0.6) is 0 Å². The van der Waals surface area contributed by atoms with Gasteiger partial charge < -0.3 is 10.0 Å². The van der Waals surface area contributed by atoms with Gasteiger partial charge >= 0.3 is 7.12 Å². The van der Waals surface area contributed by atoms with Crippen molar-refractivity contribution in [3.8, 4) is 0 Å². The summed E-state index contributed by atoms with van der Waals surface area (Å²) < 4.78 is 13.4. The van der Waals surface area contributed by atoms with Crippen molar-refractivity contribution in [1.29, 1.82) is 0 Å². The molecular formula is C11H14BFO3. The number of carbonyl (C=O) groups excluding carboxylic acids is 1. The van der Waals surface area contributed by atoms with Crippen LogP contribution in [0.1, 0.15) is 36.5 Å². The van der Waals surface area contributed by atoms with Crippen LogP contribution >= 0.6 is 0 Å². The van der Waals surface area contributed by atoms with E-state index in [-0.39, 0.29) is 16.8 Å². The number of hydrogen-bond acceptors (Lipinski definition) is 3. The maximum Gasteiger partial charge on any atom is 0.488 e. The Balaban J connectivity index is 2.86. The molecule has 0 radical (unpaired) electrons. The second-order valence-electron chi connectivity index (χ2n) is 3.64. The van der Waals surface area contributed by atoms with Crippen LogP contribution in [-0.4, -0.2) is 22.9 Å². The van der Waals surface area contributed by atoms with Gasteiger partial charge in [-0.3, -0.25) is 4.79 Å². The average Bonchev–Trinajstić information content (AvgIpc) is 2.25. The zero-order valence-electron chi connectivity index (χ0n) is 9.11. The smallest absolute Gasteiger partial charge is 0.423 e. The number of unbranched alkanes of at least 4 members (excludes halogenated alkanes) is 1. The molecule has 0 aliphatic rings. The molecule has 0 atom stereocenters. The summed E-state index contributed by atoms with van der Waals surface area (Å²) >= 11 is 0. The summed E-state index contributed by atoms with van der Waals surface area (Å²) in [4.78, 5) is 11.5. The van der Waals surface area contributed by atoms with E-state index >= 15 is 0 Å². The Hall–Kier alpha value is -1.20. The van der Waals surface area contributed by atoms with Gasteiger partial charge in [0.1, 0.15) is 5.82 Å². The molecule has 1 aromatic rings. The third kappa shape index (κ3) is 3.15. The van der Waals surface area contributed by atoms with E-state index in [9.17, 15) is 9.18 Å². The lowest BCUT2D eigenvalue weighted by Crippen LogP contribution is -2.30. The maximum absolute atomic E-state index is 13.4. The van der Waals surface area contributed by atoms with E-state index in [1.165, 1.54) is 12.1 Å². The predicted molar refractivity (Wildman–Crippen MR) is 60.1 cm³/mol. The first-order valence-corrected chi connectivity index (χ1v) is 5.25. The number of rotatable bonds is 5. The summed E-state index contributed by atoms with van der Waals surface area (Å²) in [5.41, 5.74) is 0.0578. The Labute approximate surface area is 94.1 Å². The molecule has 0 fully saturated rings. The first-order valence-electron chi connectivity index (χ1n) is 5.25. The molecule has 5 heteroatoms. The standard InChI is InChI=1S/C11H14BFO3/c1-2-3-4-11(14)9-6-5-8(12(15)16)7-10(9)13/h5-7,15-16H,2-4H2,1H3. The third-order valence-corrected chi connectivity index (χ3v) is 2.35. The van der Waals surface area contributed by atoms with Crippen molar-refractivity contribution in [3.05, 3.63) is 29.6 Å². The number of Topliss-reactive ketones (excluding diaryl/α,β-unsaturated/α-hetero) is 1. The molecule has 3 nitrogen and oxygen atoms in total. The lowest BCUT2D eigenvalue weighted by Gasteiger charge is -2.04. The molecule has 0 unspecified atom stereocenters. The molecule has 0 aliphatic carbocycles. The highest BCUT2D eigenvalue weighted by Gasteiger charge is 2.16. The van der Waals surface area contributed by atoms with E-state index in [1.807, 2.05) is 6.92 Å². The third-order valence-electron chi connectivity index (χ3n) is 2.35. The van der Waals surface area contributed by atoms with Crippen molar-refractivity contribution in [1.82, 2.24) is 0 Å². The van der Waals surface area contributed by atoms with Gasteiger partial charge in [-0.15, -0.1) is 0 Å². The fourth-order valence-corrected chi connectivity index (χ4v) is 1.39. The van der Waals surface area contributed by atoms with Gasteiger partial charge in [-0.25, -0.2) is 4.39 Å². The summed E-state index contributed by atoms with van der Waals surface area (Å²) in [5.74, 6) is -0.954. The largest absolute Gasteiger partial charge is 0.488 e. The molecule has 0 saturated carbocycles. The van der Waals surface area contributed by atoms with Crippen molar-refractivity contribution < 1.29 is 19.2 Å². The van der Waals surface area contributed by atoms with Crippen LogP contribution in [0.15, 0.2) is 18.2 Å². The molecule has 16 heavy (non-hydrogen) atoms. The first kappa shape index (κ1) is 12.9. The summed E-state index contributed by atoms with van der Waals surface area (Å²) in [6.45, 7) is 1.95. The number of carbonyl (C=O) groups is 1. The van der Waals surface area contributed by atoms with Gasteiger partial charge in [0.25, 0.3) is 0 Å². The van der Waals surface area contributed by atoms with Crippen LogP contribution in [0.3, 0.4) is 0 Å². The molecule has 0 heterocycles. The quantitative estimate of drug-likeness (QED) is 0.576. The summed E-state index contributed by atoms with van der Waals surface area (Å²) in [6.07, 6.45) is 1.91. The van der Waals surface area contributed by atoms with Gasteiger partial charge in [-0.2, -0.15) is 0 Å². The molecule has 0 spiro atoms. The highest BCUT2D eigenvalue weighted by Crippen LogP contribution is 2.10. The van der Waals surface area contributed by atoms with E-state index in [0.717, 1.165) is 18.9 Å². The predicted octanol–water partition coefficient (Wildman–Crippen LogP) is 0.878. The van der Waals surface area contributed by atoms with E-state index in [2.05, 4.69) is 0 Å². The molecular weight excluding hydrogens is 210 g/mol. The van der Waals surface area contributed by atoms with Crippen LogP contribution in [0, 0.1) is 5.82 Å². The van der Waals surface area contributed by atoms with E-state index in [0.29, 0.717) is 6.42 Å². The van der Waals surface area contributed by atoms with Gasteiger partial charge in [0.2, 0.25) is 0 Å². The fraction of sp³-hybridized carbons (Fsp3) is 0.364. The fourth-order valence-electron chi connectivity index (χ4n) is 1.39. The Bertz CT molecular complexity index is 379. The SMILES string of the molecule is CCCCC(=O)c1ccc(B(O)O)cc1F. The van der Waals surface area contributed by atoms with E-state index < -0.39 is 12.9 Å². The highest BCUT2D eigenvalue weighted by atomic mass is 19.1. The van der Waals surface area contributed by atoms with Crippen molar-refractivity contribution in [2.24, 2.45) is 0 Å². The number of benzene rings is 1. The minimum atomic E-state index is -1.71. The Morgan fingerprint density at radius 2 is 2.12 bits per heavy atom. The molecule has 0 amide bonds. The maximum atomic E-state index is 13.4. The van der Waals surface area contributed by atoms with Gasteiger partial charge in [0.15, 0.2) is 5.78 Å². The van der Waals surface area contributed by atoms with Gasteiger partial charge in [-0.05, 0) is 24.0 Å². The van der Waals surface area contributed by atoms with Crippen molar-refractivity contribution >= 4 is 18.4 Å². The normalized spacial score (nSPS) is 10.2. The van der Waals surface area contributed by atoms with Crippen LogP contribution in [0.4, 0.5) is 4.39 Å². The minimum absolute atomic E-state index is 0.0119. The average molecular weight is 224 g/mol. The lowest BCUT2D eigenvalue weighted by atomic mass is 9.79. The van der Waals surface area contributed by atoms with Crippen LogP contribution in [0.2, 0.25) is 0 Å². The van der Waals surface area contributed by atoms with Crippen LogP contribution < -0.4 is 5.46 Å². The number of hydrogen-bond donors (Lipinski definition) is 2. The van der Waals surface area contributed by atoms with Crippen molar-refractivity contribution in [2.75, 3.05) is 0 Å². The lowest BCUT2D eigenvalue weighted by molar-refractivity contribution is 0.0976.